The van der Waals surface area contributed by atoms with Gasteiger partial charge in [-0.2, -0.15) is 0 Å². The van der Waals surface area contributed by atoms with Crippen LogP contribution in [0.15, 0.2) is 29.2 Å². The maximum atomic E-state index is 12.6. The summed E-state index contributed by atoms with van der Waals surface area (Å²) in [6.45, 7) is 2.15. The minimum atomic E-state index is -1.09. The number of aliphatic carboxylic acids is 1. The van der Waals surface area contributed by atoms with E-state index in [1.165, 1.54) is 4.90 Å². The van der Waals surface area contributed by atoms with Gasteiger partial charge in [-0.15, -0.1) is 11.8 Å². The van der Waals surface area contributed by atoms with E-state index in [9.17, 15) is 14.7 Å². The minimum Gasteiger partial charge on any atom is -0.480 e. The second-order valence-electron chi connectivity index (χ2n) is 5.22. The zero-order valence-corrected chi connectivity index (χ0v) is 12.6. The van der Waals surface area contributed by atoms with Gasteiger partial charge < -0.3 is 10.0 Å². The number of carboxylic acid groups (broad SMARTS) is 1. The quantitative estimate of drug-likeness (QED) is 0.871. The Labute approximate surface area is 123 Å². The highest BCUT2D eigenvalue weighted by Crippen LogP contribution is 2.30. The lowest BCUT2D eigenvalue weighted by atomic mass is 9.88. The molecule has 0 bridgehead atoms. The van der Waals surface area contributed by atoms with Crippen molar-refractivity contribution in [2.45, 2.75) is 36.6 Å². The van der Waals surface area contributed by atoms with Crippen molar-refractivity contribution in [1.82, 2.24) is 4.90 Å². The third-order valence-corrected chi connectivity index (χ3v) is 4.68. The molecule has 1 atom stereocenters. The molecule has 108 valence electrons. The summed E-state index contributed by atoms with van der Waals surface area (Å²) in [5.74, 6) is -1.12. The normalized spacial score (nSPS) is 22.6. The van der Waals surface area contributed by atoms with Crippen molar-refractivity contribution in [1.29, 1.82) is 0 Å². The van der Waals surface area contributed by atoms with Crippen molar-refractivity contribution < 1.29 is 14.7 Å². The van der Waals surface area contributed by atoms with Gasteiger partial charge in [-0.3, -0.25) is 4.79 Å². The number of piperidine rings is 1. The highest BCUT2D eigenvalue weighted by molar-refractivity contribution is 7.98. The first-order valence-electron chi connectivity index (χ1n) is 6.68. The summed E-state index contributed by atoms with van der Waals surface area (Å²) >= 11 is 1.61. The molecule has 1 aromatic carbocycles. The van der Waals surface area contributed by atoms with Crippen LogP contribution in [0.3, 0.4) is 0 Å². The predicted octanol–water partition coefficient (Wildman–Crippen LogP) is 2.88. The molecular weight excluding hydrogens is 274 g/mol. The molecule has 1 aliphatic rings. The van der Waals surface area contributed by atoms with E-state index in [-0.39, 0.29) is 5.91 Å². The number of likely N-dealkylation sites (tertiary alicyclic amines) is 1. The van der Waals surface area contributed by atoms with Crippen molar-refractivity contribution in [2.24, 2.45) is 0 Å². The van der Waals surface area contributed by atoms with Crippen LogP contribution in [0.5, 0.6) is 0 Å². The Morgan fingerprint density at radius 1 is 1.25 bits per heavy atom. The maximum Gasteiger partial charge on any atom is 0.329 e. The number of nitrogens with zero attached hydrogens (tertiary/aromatic N) is 1. The Morgan fingerprint density at radius 3 is 2.45 bits per heavy atom. The first-order valence-corrected chi connectivity index (χ1v) is 7.91. The molecule has 0 spiro atoms. The van der Waals surface area contributed by atoms with Gasteiger partial charge in [-0.25, -0.2) is 4.79 Å². The molecule has 1 fully saturated rings. The van der Waals surface area contributed by atoms with Crippen LogP contribution >= 0.6 is 11.8 Å². The van der Waals surface area contributed by atoms with Crippen LogP contribution in [0, 0.1) is 0 Å². The molecule has 0 radical (unpaired) electrons. The fourth-order valence-corrected chi connectivity index (χ4v) is 2.97. The zero-order valence-electron chi connectivity index (χ0n) is 11.8. The van der Waals surface area contributed by atoms with Gasteiger partial charge in [-0.1, -0.05) is 0 Å². The van der Waals surface area contributed by atoms with Gasteiger partial charge in [0.1, 0.15) is 5.54 Å². The van der Waals surface area contributed by atoms with Crippen LogP contribution in [0.2, 0.25) is 0 Å². The number of carbonyl (C=O) groups is 2. The number of hydrogen-bond acceptors (Lipinski definition) is 3. The largest absolute Gasteiger partial charge is 0.480 e. The van der Waals surface area contributed by atoms with Crippen molar-refractivity contribution in [3.8, 4) is 0 Å². The summed E-state index contributed by atoms with van der Waals surface area (Å²) in [6.07, 6.45) is 4.19. The van der Waals surface area contributed by atoms with E-state index in [4.69, 9.17) is 0 Å². The van der Waals surface area contributed by atoms with Gasteiger partial charge in [0.05, 0.1) is 0 Å². The standard InChI is InChI=1S/C15H19NO3S/c1-15(14(18)19)9-3-4-10-16(15)13(17)11-5-7-12(20-2)8-6-11/h5-8H,3-4,9-10H2,1-2H3,(H,18,19). The molecule has 1 N–H and O–H groups in total. The number of benzene rings is 1. The first kappa shape index (κ1) is 14.9. The second-order valence-corrected chi connectivity index (χ2v) is 6.10. The Hall–Kier alpha value is -1.49. The van der Waals surface area contributed by atoms with Crippen molar-refractivity contribution in [3.63, 3.8) is 0 Å². The lowest BCUT2D eigenvalue weighted by molar-refractivity contribution is -0.150. The molecule has 2 rings (SSSR count). The predicted molar refractivity (Wildman–Crippen MR) is 79.2 cm³/mol. The van der Waals surface area contributed by atoms with E-state index in [0.717, 1.165) is 17.7 Å². The number of carbonyl (C=O) groups excluding carboxylic acids is 1. The second kappa shape index (κ2) is 5.87. The molecule has 1 saturated heterocycles. The summed E-state index contributed by atoms with van der Waals surface area (Å²) in [5, 5.41) is 9.45. The molecule has 20 heavy (non-hydrogen) atoms. The summed E-state index contributed by atoms with van der Waals surface area (Å²) in [6, 6.07) is 7.32. The Kier molecular flexibility index (Phi) is 4.38. The van der Waals surface area contributed by atoms with E-state index >= 15 is 0 Å². The van der Waals surface area contributed by atoms with E-state index in [1.54, 1.807) is 30.8 Å². The SMILES string of the molecule is CSc1ccc(C(=O)N2CCCCC2(C)C(=O)O)cc1. The van der Waals surface area contributed by atoms with Crippen LogP contribution in [-0.4, -0.2) is 40.2 Å². The fourth-order valence-electron chi connectivity index (χ4n) is 2.56. The maximum absolute atomic E-state index is 12.6. The number of carboxylic acids is 1. The lowest BCUT2D eigenvalue weighted by Gasteiger charge is -2.41. The van der Waals surface area contributed by atoms with Gasteiger partial charge in [0.15, 0.2) is 0 Å². The molecule has 1 amide bonds. The highest BCUT2D eigenvalue weighted by atomic mass is 32.2. The first-order chi connectivity index (χ1) is 9.49. The van der Waals surface area contributed by atoms with E-state index in [2.05, 4.69) is 0 Å². The Balaban J connectivity index is 2.27. The number of amides is 1. The Morgan fingerprint density at radius 2 is 1.90 bits per heavy atom. The molecule has 1 unspecified atom stereocenters. The molecule has 1 heterocycles. The van der Waals surface area contributed by atoms with E-state index < -0.39 is 11.5 Å². The van der Waals surface area contributed by atoms with Crippen molar-refractivity contribution in [2.75, 3.05) is 12.8 Å². The van der Waals surface area contributed by atoms with E-state index in [1.807, 2.05) is 18.4 Å². The van der Waals surface area contributed by atoms with E-state index in [0.29, 0.717) is 18.5 Å². The summed E-state index contributed by atoms with van der Waals surface area (Å²) in [4.78, 5) is 26.7. The number of rotatable bonds is 3. The minimum absolute atomic E-state index is 0.192. The average molecular weight is 293 g/mol. The summed E-state index contributed by atoms with van der Waals surface area (Å²) < 4.78 is 0. The topological polar surface area (TPSA) is 57.6 Å². The third-order valence-electron chi connectivity index (χ3n) is 3.93. The summed E-state index contributed by atoms with van der Waals surface area (Å²) in [5.41, 5.74) is -0.537. The molecular formula is C15H19NO3S. The third kappa shape index (κ3) is 2.68. The molecule has 0 saturated carbocycles. The lowest BCUT2D eigenvalue weighted by Crippen LogP contribution is -2.57. The van der Waals surface area contributed by atoms with Gasteiger partial charge in [0.2, 0.25) is 0 Å². The molecule has 0 aliphatic carbocycles. The van der Waals surface area contributed by atoms with Crippen LogP contribution < -0.4 is 0 Å². The van der Waals surface area contributed by atoms with Crippen molar-refractivity contribution in [3.05, 3.63) is 29.8 Å². The van der Waals surface area contributed by atoms with Crippen LogP contribution in [0.4, 0.5) is 0 Å². The number of hydrogen-bond donors (Lipinski definition) is 1. The molecule has 0 aromatic heterocycles. The number of thioether (sulfide) groups is 1. The fraction of sp³-hybridized carbons (Fsp3) is 0.467. The molecule has 5 heteroatoms. The summed E-state index contributed by atoms with van der Waals surface area (Å²) in [7, 11) is 0. The van der Waals surface area contributed by atoms with Crippen LogP contribution in [0.25, 0.3) is 0 Å². The highest BCUT2D eigenvalue weighted by Gasteiger charge is 2.44. The molecule has 1 aromatic rings. The zero-order chi connectivity index (χ0) is 14.8. The molecule has 1 aliphatic heterocycles. The van der Waals surface area contributed by atoms with Gasteiger partial charge >= 0.3 is 5.97 Å². The molecule has 4 nitrogen and oxygen atoms in total. The van der Waals surface area contributed by atoms with Gasteiger partial charge in [0, 0.05) is 17.0 Å². The van der Waals surface area contributed by atoms with Crippen molar-refractivity contribution >= 4 is 23.6 Å². The van der Waals surface area contributed by atoms with Crippen LogP contribution in [0.1, 0.15) is 36.5 Å². The van der Waals surface area contributed by atoms with Gasteiger partial charge in [-0.05, 0) is 56.7 Å². The van der Waals surface area contributed by atoms with Gasteiger partial charge in [0.25, 0.3) is 5.91 Å². The Bertz CT molecular complexity index is 514. The average Bonchev–Trinajstić information content (AvgIpc) is 2.47. The van der Waals surface area contributed by atoms with Crippen LogP contribution in [-0.2, 0) is 4.79 Å². The monoisotopic (exact) mass is 293 g/mol. The smallest absolute Gasteiger partial charge is 0.329 e.